The topological polar surface area (TPSA) is 226 Å². The highest BCUT2D eigenvalue weighted by Gasteiger charge is 2.30. The van der Waals surface area contributed by atoms with Gasteiger partial charge in [-0.15, -0.1) is 0 Å². The zero-order valence-corrected chi connectivity index (χ0v) is 20.0. The maximum absolute atomic E-state index is 13.1. The van der Waals surface area contributed by atoms with Crippen LogP contribution in [0.2, 0.25) is 0 Å². The Morgan fingerprint density at radius 1 is 1.06 bits per heavy atom. The van der Waals surface area contributed by atoms with Crippen molar-refractivity contribution in [2.24, 2.45) is 11.5 Å². The minimum absolute atomic E-state index is 0.0261. The van der Waals surface area contributed by atoms with Crippen LogP contribution in [0.4, 0.5) is 0 Å². The normalized spacial score (nSPS) is 14.5. The number of rotatable bonds is 17. The summed E-state index contributed by atoms with van der Waals surface area (Å²) in [6.45, 7) is -0.216. The third-order valence-electron chi connectivity index (χ3n) is 4.95. The van der Waals surface area contributed by atoms with Gasteiger partial charge in [0.15, 0.2) is 0 Å². The van der Waals surface area contributed by atoms with Gasteiger partial charge in [-0.3, -0.25) is 14.4 Å². The van der Waals surface area contributed by atoms with Crippen LogP contribution < -0.4 is 27.4 Å². The Labute approximate surface area is 202 Å². The van der Waals surface area contributed by atoms with Gasteiger partial charge < -0.3 is 42.6 Å². The average Bonchev–Trinajstić information content (AvgIpc) is 3.32. The lowest BCUT2D eigenvalue weighted by molar-refractivity contribution is -0.142. The molecule has 0 saturated heterocycles. The number of nitrogens with zero attached hydrogens (tertiary/aromatic N) is 1. The molecule has 10 N–H and O–H groups in total. The minimum atomic E-state index is -1.23. The van der Waals surface area contributed by atoms with Gasteiger partial charge in [-0.05, 0) is 44.2 Å². The number of aliphatic carboxylic acids is 1. The van der Waals surface area contributed by atoms with Gasteiger partial charge >= 0.3 is 5.97 Å². The van der Waals surface area contributed by atoms with E-state index in [9.17, 15) is 24.3 Å². The monoisotopic (exact) mass is 501 g/mol. The number of aromatic nitrogens is 2. The summed E-state index contributed by atoms with van der Waals surface area (Å²) in [7, 11) is 0. The number of imidazole rings is 1. The summed E-state index contributed by atoms with van der Waals surface area (Å²) in [5, 5.41) is 26.1. The molecule has 1 rings (SSSR count). The van der Waals surface area contributed by atoms with E-state index in [0.717, 1.165) is 0 Å². The van der Waals surface area contributed by atoms with Gasteiger partial charge in [0, 0.05) is 18.3 Å². The van der Waals surface area contributed by atoms with E-state index in [2.05, 4.69) is 25.9 Å². The molecule has 13 nitrogen and oxygen atoms in total. The Bertz CT molecular complexity index is 779. The average molecular weight is 502 g/mol. The molecule has 4 atom stereocenters. The first-order valence-corrected chi connectivity index (χ1v) is 12.3. The van der Waals surface area contributed by atoms with Crippen molar-refractivity contribution in [3.8, 4) is 0 Å². The van der Waals surface area contributed by atoms with Crippen LogP contribution in [0.15, 0.2) is 12.5 Å². The number of carbonyl (C=O) groups is 4. The summed E-state index contributed by atoms with van der Waals surface area (Å²) in [4.78, 5) is 56.4. The quantitative estimate of drug-likeness (QED) is 0.106. The summed E-state index contributed by atoms with van der Waals surface area (Å²) in [5.74, 6) is -2.69. The molecule has 0 radical (unpaired) electrons. The predicted octanol–water partition coefficient (Wildman–Crippen LogP) is -2.31. The van der Waals surface area contributed by atoms with Crippen molar-refractivity contribution in [3.63, 3.8) is 0 Å². The number of carbonyl (C=O) groups excluding carboxylic acids is 3. The lowest BCUT2D eigenvalue weighted by atomic mass is 10.1. The molecule has 0 spiro atoms. The molecule has 4 unspecified atom stereocenters. The van der Waals surface area contributed by atoms with Crippen molar-refractivity contribution < 1.29 is 29.4 Å². The molecule has 1 aromatic rings. The second kappa shape index (κ2) is 16.0. The molecule has 0 aliphatic rings. The van der Waals surface area contributed by atoms with Crippen LogP contribution in [-0.4, -0.2) is 93.2 Å². The Morgan fingerprint density at radius 3 is 2.26 bits per heavy atom. The van der Waals surface area contributed by atoms with Gasteiger partial charge in [0.25, 0.3) is 0 Å². The SMILES string of the molecule is CSCCC(NC(=O)C(CCCCN)NC(=O)C(Cc1cnc[nH]1)NC(=O)C(N)CO)C(=O)O. The number of nitrogens with two attached hydrogens (primary N) is 2. The fourth-order valence-electron chi connectivity index (χ4n) is 2.99. The van der Waals surface area contributed by atoms with Crippen molar-refractivity contribution in [2.75, 3.05) is 25.2 Å². The third-order valence-corrected chi connectivity index (χ3v) is 5.59. The first-order chi connectivity index (χ1) is 16.2. The van der Waals surface area contributed by atoms with Gasteiger partial charge in [-0.2, -0.15) is 11.8 Å². The molecule has 0 aliphatic carbocycles. The van der Waals surface area contributed by atoms with Crippen LogP contribution >= 0.6 is 11.8 Å². The number of aliphatic hydroxyl groups is 1. The Balaban J connectivity index is 3.00. The van der Waals surface area contributed by atoms with Crippen LogP contribution in [0.25, 0.3) is 0 Å². The van der Waals surface area contributed by atoms with Crippen LogP contribution in [0, 0.1) is 0 Å². The first kappa shape index (κ1) is 29.4. The summed E-state index contributed by atoms with van der Waals surface area (Å²) >= 11 is 1.45. The van der Waals surface area contributed by atoms with Crippen molar-refractivity contribution in [3.05, 3.63) is 18.2 Å². The van der Waals surface area contributed by atoms with Crippen LogP contribution in [0.3, 0.4) is 0 Å². The molecule has 0 bridgehead atoms. The maximum Gasteiger partial charge on any atom is 0.326 e. The molecule has 34 heavy (non-hydrogen) atoms. The van der Waals surface area contributed by atoms with Crippen molar-refractivity contribution in [1.82, 2.24) is 25.9 Å². The lowest BCUT2D eigenvalue weighted by Crippen LogP contribution is -2.58. The molecule has 192 valence electrons. The zero-order chi connectivity index (χ0) is 25.5. The number of carboxylic acids is 1. The standard InChI is InChI=1S/C20H35N7O6S/c1-34-7-5-15(20(32)33)26-18(30)14(4-2-3-6-21)25-19(31)16(8-12-9-23-11-24-12)27-17(29)13(22)10-28/h9,11,13-16,28H,2-8,10,21-22H2,1H3,(H,23,24)(H,25,31)(H,26,30)(H,27,29)(H,32,33). The molecule has 14 heteroatoms. The van der Waals surface area contributed by atoms with Crippen molar-refractivity contribution in [1.29, 1.82) is 0 Å². The van der Waals surface area contributed by atoms with Gasteiger partial charge in [-0.25, -0.2) is 9.78 Å². The largest absolute Gasteiger partial charge is 0.480 e. The minimum Gasteiger partial charge on any atom is -0.480 e. The number of thioether (sulfide) groups is 1. The van der Waals surface area contributed by atoms with Gasteiger partial charge in [-0.1, -0.05) is 0 Å². The molecular weight excluding hydrogens is 466 g/mol. The highest BCUT2D eigenvalue weighted by Crippen LogP contribution is 2.07. The van der Waals surface area contributed by atoms with E-state index in [0.29, 0.717) is 30.8 Å². The molecule has 0 aliphatic heterocycles. The highest BCUT2D eigenvalue weighted by atomic mass is 32.2. The third kappa shape index (κ3) is 10.5. The van der Waals surface area contributed by atoms with Gasteiger partial charge in [0.1, 0.15) is 24.2 Å². The highest BCUT2D eigenvalue weighted by molar-refractivity contribution is 7.98. The number of unbranched alkanes of at least 4 members (excludes halogenated alkanes) is 1. The lowest BCUT2D eigenvalue weighted by Gasteiger charge is -2.25. The number of nitrogens with one attached hydrogen (secondary N) is 4. The smallest absolute Gasteiger partial charge is 0.326 e. The van der Waals surface area contributed by atoms with Crippen molar-refractivity contribution >= 4 is 35.5 Å². The van der Waals surface area contributed by atoms with E-state index in [1.54, 1.807) is 0 Å². The number of aromatic amines is 1. The molecule has 0 saturated carbocycles. The zero-order valence-electron chi connectivity index (χ0n) is 19.2. The van der Waals surface area contributed by atoms with E-state index in [1.807, 2.05) is 6.26 Å². The van der Waals surface area contributed by atoms with E-state index < -0.39 is 54.5 Å². The molecule has 0 fully saturated rings. The molecular formula is C20H35N7O6S. The number of amides is 3. The summed E-state index contributed by atoms with van der Waals surface area (Å²) in [6.07, 6.45) is 6.32. The van der Waals surface area contributed by atoms with Crippen LogP contribution in [-0.2, 0) is 25.6 Å². The molecule has 0 aromatic carbocycles. The Morgan fingerprint density at radius 2 is 1.71 bits per heavy atom. The fraction of sp³-hybridized carbons (Fsp3) is 0.650. The number of aliphatic hydroxyl groups excluding tert-OH is 1. The summed E-state index contributed by atoms with van der Waals surface area (Å²) in [5.41, 5.74) is 11.6. The van der Waals surface area contributed by atoms with Crippen molar-refractivity contribution in [2.45, 2.75) is 56.3 Å². The first-order valence-electron chi connectivity index (χ1n) is 10.9. The van der Waals surface area contributed by atoms with E-state index >= 15 is 0 Å². The van der Waals surface area contributed by atoms with E-state index in [4.69, 9.17) is 16.6 Å². The van der Waals surface area contributed by atoms with E-state index in [1.165, 1.54) is 24.3 Å². The second-order valence-corrected chi connectivity index (χ2v) is 8.64. The van der Waals surface area contributed by atoms with Gasteiger partial charge in [0.2, 0.25) is 17.7 Å². The number of H-pyrrole nitrogens is 1. The summed E-state index contributed by atoms with van der Waals surface area (Å²) < 4.78 is 0. The summed E-state index contributed by atoms with van der Waals surface area (Å²) in [6, 6.07) is -4.49. The molecule has 3 amide bonds. The van der Waals surface area contributed by atoms with Crippen LogP contribution in [0.5, 0.6) is 0 Å². The predicted molar refractivity (Wildman–Crippen MR) is 127 cm³/mol. The fourth-order valence-corrected chi connectivity index (χ4v) is 3.46. The molecule has 1 aromatic heterocycles. The maximum atomic E-state index is 13.1. The van der Waals surface area contributed by atoms with E-state index in [-0.39, 0.29) is 19.3 Å². The molecule has 1 heterocycles. The number of carboxylic acid groups (broad SMARTS) is 1. The second-order valence-electron chi connectivity index (χ2n) is 7.66. The van der Waals surface area contributed by atoms with Gasteiger partial charge in [0.05, 0.1) is 12.9 Å². The number of hydrogen-bond donors (Lipinski definition) is 8. The number of hydrogen-bond acceptors (Lipinski definition) is 9. The Hall–Kier alpha value is -2.68. The van der Waals surface area contributed by atoms with Crippen LogP contribution in [0.1, 0.15) is 31.4 Å². The Kier molecular flexibility index (Phi) is 13.8.